The molecule has 2 N–H and O–H groups in total. The lowest BCUT2D eigenvalue weighted by Gasteiger charge is -2.27. The van der Waals surface area contributed by atoms with Crippen molar-refractivity contribution in [3.05, 3.63) is 40.1 Å². The fourth-order valence-electron chi connectivity index (χ4n) is 3.93. The highest BCUT2D eigenvalue weighted by molar-refractivity contribution is 7.10. The van der Waals surface area contributed by atoms with Crippen LogP contribution in [0.1, 0.15) is 36.2 Å². The number of thiophene rings is 1. The van der Waals surface area contributed by atoms with Crippen molar-refractivity contribution in [2.24, 2.45) is 4.99 Å². The van der Waals surface area contributed by atoms with Crippen LogP contribution in [0.3, 0.4) is 0 Å². The van der Waals surface area contributed by atoms with Crippen LogP contribution in [0.4, 0.5) is 0 Å². The number of hydrogen-bond donors (Lipinski definition) is 2. The fraction of sp³-hybridized carbons (Fsp3) is 0.522. The van der Waals surface area contributed by atoms with Crippen LogP contribution in [-0.2, 0) is 6.54 Å². The summed E-state index contributed by atoms with van der Waals surface area (Å²) in [5.74, 6) is 2.67. The average Bonchev–Trinajstić information content (AvgIpc) is 3.51. The smallest absolute Gasteiger partial charge is 0.203 e. The Morgan fingerprint density at radius 2 is 1.84 bits per heavy atom. The molecular weight excluding hydrogens is 412 g/mol. The molecule has 0 bridgehead atoms. The molecule has 1 fully saturated rings. The van der Waals surface area contributed by atoms with Gasteiger partial charge in [-0.2, -0.15) is 0 Å². The van der Waals surface area contributed by atoms with Crippen molar-refractivity contribution in [2.75, 3.05) is 47.5 Å². The summed E-state index contributed by atoms with van der Waals surface area (Å²) in [4.78, 5) is 8.77. The second-order valence-electron chi connectivity index (χ2n) is 7.34. The summed E-state index contributed by atoms with van der Waals surface area (Å²) in [6.07, 6.45) is 2.55. The van der Waals surface area contributed by atoms with Crippen molar-refractivity contribution in [1.29, 1.82) is 0 Å². The van der Waals surface area contributed by atoms with E-state index in [-0.39, 0.29) is 0 Å². The van der Waals surface area contributed by atoms with Gasteiger partial charge in [0, 0.05) is 23.5 Å². The van der Waals surface area contributed by atoms with Crippen LogP contribution in [0.25, 0.3) is 0 Å². The zero-order chi connectivity index (χ0) is 22.1. The van der Waals surface area contributed by atoms with Crippen molar-refractivity contribution in [2.45, 2.75) is 32.4 Å². The maximum absolute atomic E-state index is 5.60. The Bertz CT molecular complexity index is 836. The van der Waals surface area contributed by atoms with Crippen LogP contribution in [0.15, 0.2) is 34.6 Å². The highest BCUT2D eigenvalue weighted by atomic mass is 32.1. The number of ether oxygens (including phenoxy) is 3. The number of nitrogens with zero attached hydrogens (tertiary/aromatic N) is 2. The molecule has 31 heavy (non-hydrogen) atoms. The van der Waals surface area contributed by atoms with Gasteiger partial charge in [-0.25, -0.2) is 4.99 Å². The van der Waals surface area contributed by atoms with Gasteiger partial charge in [0.1, 0.15) is 0 Å². The van der Waals surface area contributed by atoms with E-state index < -0.39 is 0 Å². The topological polar surface area (TPSA) is 67.4 Å². The fourth-order valence-corrected chi connectivity index (χ4v) is 4.79. The van der Waals surface area contributed by atoms with E-state index in [9.17, 15) is 0 Å². The number of aliphatic imine (C=N–C) groups is 1. The summed E-state index contributed by atoms with van der Waals surface area (Å²) in [5.41, 5.74) is 0.937. The minimum atomic E-state index is 0.363. The van der Waals surface area contributed by atoms with Gasteiger partial charge in [-0.1, -0.05) is 6.07 Å². The SMILES string of the molecule is CCNC(=NCc1ccc(OC)c(OC)c1OC)NCC(c1cccs1)N1CCCC1. The molecule has 1 unspecified atom stereocenters. The van der Waals surface area contributed by atoms with Crippen LogP contribution in [-0.4, -0.2) is 58.4 Å². The minimum absolute atomic E-state index is 0.363. The van der Waals surface area contributed by atoms with Crippen molar-refractivity contribution in [1.82, 2.24) is 15.5 Å². The van der Waals surface area contributed by atoms with E-state index in [0.29, 0.717) is 29.8 Å². The molecule has 0 aliphatic carbocycles. The van der Waals surface area contributed by atoms with E-state index >= 15 is 0 Å². The highest BCUT2D eigenvalue weighted by Gasteiger charge is 2.24. The Balaban J connectivity index is 1.74. The number of likely N-dealkylation sites (tertiary alicyclic amines) is 1. The van der Waals surface area contributed by atoms with E-state index in [4.69, 9.17) is 19.2 Å². The monoisotopic (exact) mass is 446 g/mol. The van der Waals surface area contributed by atoms with E-state index in [1.54, 1.807) is 21.3 Å². The van der Waals surface area contributed by atoms with Gasteiger partial charge < -0.3 is 24.8 Å². The summed E-state index contributed by atoms with van der Waals surface area (Å²) < 4.78 is 16.5. The first-order valence-electron chi connectivity index (χ1n) is 10.8. The van der Waals surface area contributed by atoms with Gasteiger partial charge in [0.2, 0.25) is 5.75 Å². The Kier molecular flexibility index (Phi) is 8.85. The van der Waals surface area contributed by atoms with Crippen LogP contribution >= 0.6 is 11.3 Å². The quantitative estimate of drug-likeness (QED) is 0.429. The molecule has 1 aromatic carbocycles. The first-order valence-corrected chi connectivity index (χ1v) is 11.7. The molecule has 3 rings (SSSR count). The molecule has 0 amide bonds. The molecule has 7 nitrogen and oxygen atoms in total. The molecule has 2 aromatic rings. The molecule has 1 aromatic heterocycles. The van der Waals surface area contributed by atoms with Crippen LogP contribution < -0.4 is 24.8 Å². The van der Waals surface area contributed by atoms with Gasteiger partial charge in [0.05, 0.1) is 33.9 Å². The third-order valence-corrected chi connectivity index (χ3v) is 6.43. The number of rotatable bonds is 10. The summed E-state index contributed by atoms with van der Waals surface area (Å²) >= 11 is 1.82. The number of hydrogen-bond acceptors (Lipinski definition) is 6. The molecule has 1 aliphatic heterocycles. The zero-order valence-electron chi connectivity index (χ0n) is 18.9. The van der Waals surface area contributed by atoms with E-state index in [1.807, 2.05) is 23.5 Å². The molecule has 1 saturated heterocycles. The molecule has 1 atom stereocenters. The third kappa shape index (κ3) is 5.83. The zero-order valence-corrected chi connectivity index (χ0v) is 19.8. The van der Waals surface area contributed by atoms with E-state index in [2.05, 4.69) is 40.0 Å². The first kappa shape index (κ1) is 23.2. The molecule has 2 heterocycles. The molecule has 0 radical (unpaired) electrons. The van der Waals surface area contributed by atoms with Crippen LogP contribution in [0, 0.1) is 0 Å². The molecule has 0 saturated carbocycles. The number of benzene rings is 1. The summed E-state index contributed by atoms with van der Waals surface area (Å²) in [6, 6.07) is 8.57. The van der Waals surface area contributed by atoms with E-state index in [0.717, 1.165) is 37.7 Å². The van der Waals surface area contributed by atoms with Gasteiger partial charge in [-0.15, -0.1) is 11.3 Å². The Morgan fingerprint density at radius 1 is 1.06 bits per heavy atom. The highest BCUT2D eigenvalue weighted by Crippen LogP contribution is 2.40. The summed E-state index contributed by atoms with van der Waals surface area (Å²) in [5, 5.41) is 9.07. The van der Waals surface area contributed by atoms with Gasteiger partial charge in [-0.05, 0) is 56.4 Å². The van der Waals surface area contributed by atoms with Gasteiger partial charge in [0.15, 0.2) is 17.5 Å². The Morgan fingerprint density at radius 3 is 2.45 bits per heavy atom. The van der Waals surface area contributed by atoms with E-state index in [1.165, 1.54) is 17.7 Å². The number of methoxy groups -OCH3 is 3. The van der Waals surface area contributed by atoms with Crippen molar-refractivity contribution in [3.63, 3.8) is 0 Å². The second-order valence-corrected chi connectivity index (χ2v) is 8.32. The standard InChI is InChI=1S/C23H34N4O3S/c1-5-24-23(25-15-17-10-11-19(28-2)22(30-4)21(17)29-3)26-16-18(20-9-8-14-31-20)27-12-6-7-13-27/h8-11,14,18H,5-7,12-13,15-16H2,1-4H3,(H2,24,25,26). The lowest BCUT2D eigenvalue weighted by atomic mass is 10.1. The molecule has 0 spiro atoms. The Hall–Kier alpha value is -2.45. The minimum Gasteiger partial charge on any atom is -0.493 e. The Labute approximate surface area is 189 Å². The van der Waals surface area contributed by atoms with Crippen LogP contribution in [0.2, 0.25) is 0 Å². The lowest BCUT2D eigenvalue weighted by Crippen LogP contribution is -2.42. The van der Waals surface area contributed by atoms with Gasteiger partial charge in [-0.3, -0.25) is 4.90 Å². The van der Waals surface area contributed by atoms with Crippen molar-refractivity contribution in [3.8, 4) is 17.2 Å². The molecular formula is C23H34N4O3S. The molecule has 8 heteroatoms. The number of guanidine groups is 1. The normalized spacial score (nSPS) is 15.5. The van der Waals surface area contributed by atoms with Crippen molar-refractivity contribution >= 4 is 17.3 Å². The number of nitrogens with one attached hydrogen (secondary N) is 2. The molecule has 170 valence electrons. The lowest BCUT2D eigenvalue weighted by molar-refractivity contribution is 0.249. The predicted octanol–water partition coefficient (Wildman–Crippen LogP) is 3.67. The summed E-state index contributed by atoms with van der Waals surface area (Å²) in [7, 11) is 4.87. The predicted molar refractivity (Wildman–Crippen MR) is 127 cm³/mol. The average molecular weight is 447 g/mol. The van der Waals surface area contributed by atoms with Gasteiger partial charge in [0.25, 0.3) is 0 Å². The maximum Gasteiger partial charge on any atom is 0.203 e. The maximum atomic E-state index is 5.60. The van der Waals surface area contributed by atoms with Crippen LogP contribution in [0.5, 0.6) is 17.2 Å². The second kappa shape index (κ2) is 11.8. The molecule has 1 aliphatic rings. The first-order chi connectivity index (χ1) is 15.2. The van der Waals surface area contributed by atoms with Crippen molar-refractivity contribution < 1.29 is 14.2 Å². The third-order valence-electron chi connectivity index (χ3n) is 5.45. The van der Waals surface area contributed by atoms with Gasteiger partial charge >= 0.3 is 0 Å². The summed E-state index contributed by atoms with van der Waals surface area (Å²) in [6.45, 7) is 6.46. The largest absolute Gasteiger partial charge is 0.493 e.